The number of esters is 1. The van der Waals surface area contributed by atoms with E-state index in [2.05, 4.69) is 10.1 Å². The molecule has 0 saturated carbocycles. The van der Waals surface area contributed by atoms with E-state index in [4.69, 9.17) is 0 Å². The summed E-state index contributed by atoms with van der Waals surface area (Å²) in [7, 11) is 1.25. The van der Waals surface area contributed by atoms with Crippen molar-refractivity contribution in [3.05, 3.63) is 52.5 Å². The van der Waals surface area contributed by atoms with Gasteiger partial charge in [-0.3, -0.25) is 4.79 Å². The Morgan fingerprint density at radius 2 is 1.95 bits per heavy atom. The van der Waals surface area contributed by atoms with Crippen molar-refractivity contribution in [1.82, 2.24) is 5.32 Å². The molecule has 1 aromatic rings. The van der Waals surface area contributed by atoms with Gasteiger partial charge in [-0.1, -0.05) is 12.1 Å². The summed E-state index contributed by atoms with van der Waals surface area (Å²) in [5.74, 6) is -1.32. The van der Waals surface area contributed by atoms with Crippen LogP contribution in [0.3, 0.4) is 0 Å². The zero-order valence-electron chi connectivity index (χ0n) is 10.5. The third-order valence-electron chi connectivity index (χ3n) is 2.76. The van der Waals surface area contributed by atoms with Crippen molar-refractivity contribution in [3.63, 3.8) is 0 Å². The van der Waals surface area contributed by atoms with Crippen molar-refractivity contribution in [3.8, 4) is 0 Å². The van der Waals surface area contributed by atoms with Crippen LogP contribution in [0, 0.1) is 5.82 Å². The van der Waals surface area contributed by atoms with Crippen molar-refractivity contribution in [1.29, 1.82) is 0 Å². The molecule has 5 heteroatoms. The highest BCUT2D eigenvalue weighted by Gasteiger charge is 2.30. The maximum Gasteiger partial charge on any atom is 0.340 e. The molecule has 0 saturated heterocycles. The molecule has 19 heavy (non-hydrogen) atoms. The van der Waals surface area contributed by atoms with Gasteiger partial charge in [0.2, 0.25) is 0 Å². The van der Waals surface area contributed by atoms with E-state index in [1.165, 1.54) is 37.5 Å². The summed E-state index contributed by atoms with van der Waals surface area (Å²) in [5, 5.41) is 2.56. The van der Waals surface area contributed by atoms with Gasteiger partial charge in [0, 0.05) is 5.70 Å². The second-order valence-corrected chi connectivity index (χ2v) is 4.06. The van der Waals surface area contributed by atoms with E-state index in [1.54, 1.807) is 6.92 Å². The number of carbonyl (C=O) groups excluding carboxylic acids is 2. The predicted octanol–water partition coefficient (Wildman–Crippen LogP) is 1.79. The first-order valence-corrected chi connectivity index (χ1v) is 5.61. The van der Waals surface area contributed by atoms with Crippen LogP contribution in [0.2, 0.25) is 0 Å². The summed E-state index contributed by atoms with van der Waals surface area (Å²) in [5.41, 5.74) is 1.50. The fraction of sp³-hybridized carbons (Fsp3) is 0.143. The molecule has 1 amide bonds. The molecule has 4 nitrogen and oxygen atoms in total. The fourth-order valence-electron chi connectivity index (χ4n) is 1.84. The topological polar surface area (TPSA) is 55.4 Å². The minimum Gasteiger partial charge on any atom is -0.465 e. The molecule has 0 unspecified atom stereocenters. The minimum absolute atomic E-state index is 0.205. The fourth-order valence-corrected chi connectivity index (χ4v) is 1.84. The highest BCUT2D eigenvalue weighted by Crippen LogP contribution is 2.24. The summed E-state index contributed by atoms with van der Waals surface area (Å²) in [4.78, 5) is 23.4. The molecule has 0 atom stereocenters. The smallest absolute Gasteiger partial charge is 0.340 e. The first-order chi connectivity index (χ1) is 9.02. The summed E-state index contributed by atoms with van der Waals surface area (Å²) in [6.45, 7) is 1.62. The van der Waals surface area contributed by atoms with E-state index in [0.717, 1.165) is 0 Å². The van der Waals surface area contributed by atoms with Crippen LogP contribution in [0.4, 0.5) is 4.39 Å². The Morgan fingerprint density at radius 1 is 1.32 bits per heavy atom. The molecule has 0 aliphatic carbocycles. The molecule has 0 bridgehead atoms. The van der Waals surface area contributed by atoms with Gasteiger partial charge in [-0.25, -0.2) is 9.18 Å². The molecule has 0 fully saturated rings. The van der Waals surface area contributed by atoms with Crippen LogP contribution in [0.15, 0.2) is 41.1 Å². The lowest BCUT2D eigenvalue weighted by Gasteiger charge is -2.02. The number of halogens is 1. The highest BCUT2D eigenvalue weighted by atomic mass is 19.1. The first-order valence-electron chi connectivity index (χ1n) is 5.61. The van der Waals surface area contributed by atoms with Gasteiger partial charge < -0.3 is 10.1 Å². The van der Waals surface area contributed by atoms with Gasteiger partial charge in [0.25, 0.3) is 5.91 Å². The Hall–Kier alpha value is -2.43. The number of methoxy groups -OCH3 is 1. The lowest BCUT2D eigenvalue weighted by atomic mass is 10.0. The first kappa shape index (κ1) is 13.0. The van der Waals surface area contributed by atoms with Crippen molar-refractivity contribution >= 4 is 18.0 Å². The predicted molar refractivity (Wildman–Crippen MR) is 67.2 cm³/mol. The maximum atomic E-state index is 12.8. The Labute approximate surface area is 109 Å². The molecule has 1 aliphatic heterocycles. The van der Waals surface area contributed by atoms with Crippen LogP contribution >= 0.6 is 0 Å². The third kappa shape index (κ3) is 2.54. The molecule has 1 N–H and O–H groups in total. The van der Waals surface area contributed by atoms with Crippen LogP contribution < -0.4 is 5.32 Å². The Morgan fingerprint density at radius 3 is 2.53 bits per heavy atom. The second kappa shape index (κ2) is 5.06. The van der Waals surface area contributed by atoms with Crippen LogP contribution in [0.25, 0.3) is 6.08 Å². The summed E-state index contributed by atoms with van der Waals surface area (Å²) < 4.78 is 17.5. The molecule has 1 aromatic carbocycles. The standard InChI is InChI=1S/C14H12FNO3/c1-8-12(14(18)19-2)11(13(17)16-8)7-9-3-5-10(15)6-4-9/h3-7H,1-2H3,(H,16,17)/b11-7-. The second-order valence-electron chi connectivity index (χ2n) is 4.06. The van der Waals surface area contributed by atoms with Gasteiger partial charge in [0.1, 0.15) is 5.82 Å². The van der Waals surface area contributed by atoms with Gasteiger partial charge in [0.05, 0.1) is 18.3 Å². The molecule has 98 valence electrons. The van der Waals surface area contributed by atoms with Gasteiger partial charge in [-0.2, -0.15) is 0 Å². The average molecular weight is 261 g/mol. The number of hydrogen-bond acceptors (Lipinski definition) is 3. The number of benzene rings is 1. The minimum atomic E-state index is -0.579. The largest absolute Gasteiger partial charge is 0.465 e. The SMILES string of the molecule is COC(=O)C1=C(C)NC(=O)/C1=C\c1ccc(F)cc1. The van der Waals surface area contributed by atoms with Crippen molar-refractivity contribution in [2.45, 2.75) is 6.92 Å². The van der Waals surface area contributed by atoms with Crippen molar-refractivity contribution < 1.29 is 18.7 Å². The van der Waals surface area contributed by atoms with Gasteiger partial charge in [-0.15, -0.1) is 0 Å². The number of rotatable bonds is 2. The zero-order valence-corrected chi connectivity index (χ0v) is 10.5. The summed E-state index contributed by atoms with van der Waals surface area (Å²) in [6, 6.07) is 5.62. The summed E-state index contributed by atoms with van der Waals surface area (Å²) in [6.07, 6.45) is 1.53. The monoisotopic (exact) mass is 261 g/mol. The van der Waals surface area contributed by atoms with E-state index in [-0.39, 0.29) is 22.9 Å². The van der Waals surface area contributed by atoms with Gasteiger partial charge in [-0.05, 0) is 30.7 Å². The maximum absolute atomic E-state index is 12.8. The Balaban J connectivity index is 2.44. The van der Waals surface area contributed by atoms with Crippen LogP contribution in [0.5, 0.6) is 0 Å². The van der Waals surface area contributed by atoms with Gasteiger partial charge in [0.15, 0.2) is 0 Å². The third-order valence-corrected chi connectivity index (χ3v) is 2.76. The number of ether oxygens (including phenoxy) is 1. The molecule has 0 spiro atoms. The molecule has 2 rings (SSSR count). The molecule has 1 aliphatic rings. The molecule has 1 heterocycles. The van der Waals surface area contributed by atoms with E-state index in [0.29, 0.717) is 11.3 Å². The number of hydrogen-bond donors (Lipinski definition) is 1. The van der Waals surface area contributed by atoms with E-state index in [1.807, 2.05) is 0 Å². The number of nitrogens with one attached hydrogen (secondary N) is 1. The molecular formula is C14H12FNO3. The van der Waals surface area contributed by atoms with Crippen molar-refractivity contribution in [2.24, 2.45) is 0 Å². The Kier molecular flexibility index (Phi) is 3.46. The highest BCUT2D eigenvalue weighted by molar-refractivity contribution is 6.16. The molecule has 0 aromatic heterocycles. The Bertz CT molecular complexity index is 600. The number of carbonyl (C=O) groups is 2. The van der Waals surface area contributed by atoms with Crippen molar-refractivity contribution in [2.75, 3.05) is 7.11 Å². The van der Waals surface area contributed by atoms with Crippen LogP contribution in [-0.2, 0) is 14.3 Å². The lowest BCUT2D eigenvalue weighted by molar-refractivity contribution is -0.136. The normalized spacial score (nSPS) is 16.8. The summed E-state index contributed by atoms with van der Waals surface area (Å²) >= 11 is 0. The average Bonchev–Trinajstić information content (AvgIpc) is 2.66. The number of allylic oxidation sites excluding steroid dienone is 1. The van der Waals surface area contributed by atoms with Crippen LogP contribution in [-0.4, -0.2) is 19.0 Å². The lowest BCUT2D eigenvalue weighted by Crippen LogP contribution is -2.15. The zero-order chi connectivity index (χ0) is 14.0. The molecular weight excluding hydrogens is 249 g/mol. The van der Waals surface area contributed by atoms with E-state index >= 15 is 0 Å². The number of amides is 1. The van der Waals surface area contributed by atoms with E-state index < -0.39 is 5.97 Å². The quantitative estimate of drug-likeness (QED) is 0.652. The van der Waals surface area contributed by atoms with E-state index in [9.17, 15) is 14.0 Å². The van der Waals surface area contributed by atoms with Gasteiger partial charge >= 0.3 is 5.97 Å². The van der Waals surface area contributed by atoms with Crippen LogP contribution in [0.1, 0.15) is 12.5 Å². The molecule has 0 radical (unpaired) electrons.